The van der Waals surface area contributed by atoms with E-state index in [-0.39, 0.29) is 60.8 Å². The van der Waals surface area contributed by atoms with Gasteiger partial charge in [-0.1, -0.05) is 37.3 Å². The molecule has 4 amide bonds. The number of aliphatic hydroxyl groups is 1. The maximum atomic E-state index is 13.7. The van der Waals surface area contributed by atoms with Gasteiger partial charge in [0.25, 0.3) is 5.91 Å². The SMILES string of the molecule is CC1CN(C(C)CO)C(=O)c2cc(NC(=O)Cc3ccccc3)ccc2OC1CN(C)C(=O)Nc1ccc(C(F)(F)F)cc1. The van der Waals surface area contributed by atoms with Crippen LogP contribution in [0.5, 0.6) is 5.75 Å². The van der Waals surface area contributed by atoms with Crippen LogP contribution in [0.15, 0.2) is 72.8 Å². The second-order valence-electron chi connectivity index (χ2n) is 10.9. The van der Waals surface area contributed by atoms with E-state index in [0.29, 0.717) is 5.69 Å². The Morgan fingerprint density at radius 2 is 1.70 bits per heavy atom. The molecule has 4 rings (SSSR count). The first-order valence-electron chi connectivity index (χ1n) is 14.1. The molecule has 0 aliphatic carbocycles. The number of carbonyl (C=O) groups is 3. The minimum atomic E-state index is -4.49. The summed E-state index contributed by atoms with van der Waals surface area (Å²) >= 11 is 0. The van der Waals surface area contributed by atoms with Crippen LogP contribution in [0.4, 0.5) is 29.3 Å². The summed E-state index contributed by atoms with van der Waals surface area (Å²) in [5.74, 6) is -0.672. The van der Waals surface area contributed by atoms with Crippen LogP contribution in [0.3, 0.4) is 0 Å². The highest BCUT2D eigenvalue weighted by Crippen LogP contribution is 2.32. The summed E-state index contributed by atoms with van der Waals surface area (Å²) in [6, 6.07) is 17.0. The number of benzene rings is 3. The van der Waals surface area contributed by atoms with Gasteiger partial charge < -0.3 is 30.3 Å². The predicted octanol–water partition coefficient (Wildman–Crippen LogP) is 5.27. The molecular formula is C32H35F3N4O5. The summed E-state index contributed by atoms with van der Waals surface area (Å²) in [5.41, 5.74) is 0.798. The number of urea groups is 1. The Morgan fingerprint density at radius 1 is 1.05 bits per heavy atom. The van der Waals surface area contributed by atoms with E-state index in [1.807, 2.05) is 37.3 Å². The quantitative estimate of drug-likeness (QED) is 0.321. The summed E-state index contributed by atoms with van der Waals surface area (Å²) in [6.07, 6.45) is -4.94. The third-order valence-corrected chi connectivity index (χ3v) is 7.42. The lowest BCUT2D eigenvalue weighted by atomic mass is 9.99. The third-order valence-electron chi connectivity index (χ3n) is 7.42. The summed E-state index contributed by atoms with van der Waals surface area (Å²) in [5, 5.41) is 15.3. The highest BCUT2D eigenvalue weighted by atomic mass is 19.4. The Labute approximate surface area is 253 Å². The zero-order valence-corrected chi connectivity index (χ0v) is 24.6. The summed E-state index contributed by atoms with van der Waals surface area (Å²) in [7, 11) is 1.53. The monoisotopic (exact) mass is 612 g/mol. The molecule has 9 nitrogen and oxygen atoms in total. The molecule has 0 aromatic heterocycles. The second kappa shape index (κ2) is 13.8. The van der Waals surface area contributed by atoms with Gasteiger partial charge in [0.2, 0.25) is 5.91 Å². The van der Waals surface area contributed by atoms with Gasteiger partial charge in [-0.15, -0.1) is 0 Å². The molecule has 0 saturated heterocycles. The number of halogens is 3. The molecule has 0 spiro atoms. The smallest absolute Gasteiger partial charge is 0.416 e. The number of rotatable bonds is 8. The van der Waals surface area contributed by atoms with Gasteiger partial charge in [-0.2, -0.15) is 13.2 Å². The van der Waals surface area contributed by atoms with Crippen LogP contribution in [-0.4, -0.2) is 71.6 Å². The first kappa shape index (κ1) is 32.3. The van der Waals surface area contributed by atoms with Crippen molar-refractivity contribution in [2.45, 2.75) is 38.6 Å². The Hall–Kier alpha value is -4.58. The molecule has 44 heavy (non-hydrogen) atoms. The molecule has 3 aromatic carbocycles. The van der Waals surface area contributed by atoms with Gasteiger partial charge in [-0.25, -0.2) is 4.79 Å². The van der Waals surface area contributed by atoms with E-state index in [1.54, 1.807) is 19.1 Å². The van der Waals surface area contributed by atoms with E-state index in [0.717, 1.165) is 17.7 Å². The van der Waals surface area contributed by atoms with E-state index in [4.69, 9.17) is 4.74 Å². The van der Waals surface area contributed by atoms with E-state index in [1.165, 1.54) is 35.0 Å². The first-order chi connectivity index (χ1) is 20.8. The van der Waals surface area contributed by atoms with Gasteiger partial charge in [0.05, 0.1) is 36.7 Å². The average Bonchev–Trinajstić information content (AvgIpc) is 2.99. The van der Waals surface area contributed by atoms with Crippen molar-refractivity contribution >= 4 is 29.2 Å². The number of amides is 4. The van der Waals surface area contributed by atoms with Crippen LogP contribution in [0.25, 0.3) is 0 Å². The van der Waals surface area contributed by atoms with Crippen molar-refractivity contribution in [2.24, 2.45) is 5.92 Å². The summed E-state index contributed by atoms with van der Waals surface area (Å²) in [4.78, 5) is 42.2. The fourth-order valence-corrected chi connectivity index (χ4v) is 4.82. The molecule has 3 atom stereocenters. The minimum absolute atomic E-state index is 0.0815. The second-order valence-corrected chi connectivity index (χ2v) is 10.9. The standard InChI is InChI=1S/C32H35F3N4O5/c1-20-17-39(21(2)19-40)30(42)26-16-25(36-29(41)15-22-7-5-4-6-8-22)13-14-27(26)44-28(20)18-38(3)31(43)37-24-11-9-23(10-12-24)32(33,34)35/h4-14,16,20-21,28,40H,15,17-19H2,1-3H3,(H,36,41)(H,37,43). The molecule has 0 radical (unpaired) electrons. The number of alkyl halides is 3. The minimum Gasteiger partial charge on any atom is -0.487 e. The number of likely N-dealkylation sites (N-methyl/N-ethyl adjacent to an activating group) is 1. The van der Waals surface area contributed by atoms with Gasteiger partial charge in [-0.3, -0.25) is 9.59 Å². The number of hydrogen-bond donors (Lipinski definition) is 3. The topological polar surface area (TPSA) is 111 Å². The Morgan fingerprint density at radius 3 is 2.34 bits per heavy atom. The Bertz CT molecular complexity index is 1470. The van der Waals surface area contributed by atoms with Crippen LogP contribution < -0.4 is 15.4 Å². The number of nitrogens with one attached hydrogen (secondary N) is 2. The van der Waals surface area contributed by atoms with Crippen molar-refractivity contribution < 1.29 is 37.4 Å². The lowest BCUT2D eigenvalue weighted by Crippen LogP contribution is -2.50. The van der Waals surface area contributed by atoms with E-state index < -0.39 is 29.9 Å². The normalized spacial score (nSPS) is 17.4. The maximum Gasteiger partial charge on any atom is 0.416 e. The fraction of sp³-hybridized carbons (Fsp3) is 0.344. The maximum absolute atomic E-state index is 13.7. The average molecular weight is 613 g/mol. The molecular weight excluding hydrogens is 577 g/mol. The van der Waals surface area contributed by atoms with E-state index in [2.05, 4.69) is 10.6 Å². The number of carbonyl (C=O) groups excluding carboxylic acids is 3. The molecule has 1 heterocycles. The van der Waals surface area contributed by atoms with Crippen molar-refractivity contribution in [1.29, 1.82) is 0 Å². The van der Waals surface area contributed by atoms with Crippen LogP contribution in [-0.2, 0) is 17.4 Å². The van der Waals surface area contributed by atoms with Gasteiger partial charge in [-0.05, 0) is 55.0 Å². The van der Waals surface area contributed by atoms with E-state index >= 15 is 0 Å². The van der Waals surface area contributed by atoms with Gasteiger partial charge in [0.15, 0.2) is 0 Å². The highest BCUT2D eigenvalue weighted by Gasteiger charge is 2.34. The highest BCUT2D eigenvalue weighted by molar-refractivity contribution is 6.00. The Kier molecular flexibility index (Phi) is 10.1. The molecule has 3 N–H and O–H groups in total. The number of anilines is 2. The number of fused-ring (bicyclic) bond motifs is 1. The molecule has 3 aromatic rings. The van der Waals surface area contributed by atoms with Gasteiger partial charge >= 0.3 is 12.2 Å². The van der Waals surface area contributed by atoms with Crippen molar-refractivity contribution in [3.05, 3.63) is 89.5 Å². The predicted molar refractivity (Wildman–Crippen MR) is 159 cm³/mol. The lowest BCUT2D eigenvalue weighted by molar-refractivity contribution is -0.137. The molecule has 0 fully saturated rings. The zero-order valence-electron chi connectivity index (χ0n) is 24.6. The largest absolute Gasteiger partial charge is 0.487 e. The van der Waals surface area contributed by atoms with Crippen molar-refractivity contribution in [2.75, 3.05) is 37.4 Å². The third kappa shape index (κ3) is 8.07. The summed E-state index contributed by atoms with van der Waals surface area (Å²) < 4.78 is 45.0. The molecule has 0 saturated carbocycles. The van der Waals surface area contributed by atoms with Crippen molar-refractivity contribution in [3.8, 4) is 5.75 Å². The summed E-state index contributed by atoms with van der Waals surface area (Å²) in [6.45, 7) is 3.60. The molecule has 12 heteroatoms. The molecule has 0 bridgehead atoms. The lowest BCUT2D eigenvalue weighted by Gasteiger charge is -2.38. The van der Waals surface area contributed by atoms with Gasteiger partial charge in [0, 0.05) is 30.9 Å². The molecule has 1 aliphatic heterocycles. The first-order valence-corrected chi connectivity index (χ1v) is 14.1. The van der Waals surface area contributed by atoms with E-state index in [9.17, 15) is 32.7 Å². The molecule has 1 aliphatic rings. The number of aliphatic hydroxyl groups excluding tert-OH is 1. The van der Waals surface area contributed by atoms with Crippen molar-refractivity contribution in [1.82, 2.24) is 9.80 Å². The Balaban J connectivity index is 1.52. The number of ether oxygens (including phenoxy) is 1. The zero-order chi connectivity index (χ0) is 32.0. The number of hydrogen-bond acceptors (Lipinski definition) is 5. The van der Waals surface area contributed by atoms with Crippen LogP contribution in [0.1, 0.15) is 35.3 Å². The van der Waals surface area contributed by atoms with Crippen LogP contribution in [0, 0.1) is 5.92 Å². The number of nitrogens with zero attached hydrogens (tertiary/aromatic N) is 2. The van der Waals surface area contributed by atoms with Crippen LogP contribution in [0.2, 0.25) is 0 Å². The fourth-order valence-electron chi connectivity index (χ4n) is 4.82. The van der Waals surface area contributed by atoms with Crippen molar-refractivity contribution in [3.63, 3.8) is 0 Å². The van der Waals surface area contributed by atoms with Gasteiger partial charge in [0.1, 0.15) is 11.9 Å². The van der Waals surface area contributed by atoms with Crippen LogP contribution >= 0.6 is 0 Å². The molecule has 3 unspecified atom stereocenters. The molecule has 234 valence electrons.